The first-order valence-corrected chi connectivity index (χ1v) is 9.61. The van der Waals surface area contributed by atoms with Crippen LogP contribution in [0.5, 0.6) is 0 Å². The molecule has 2 aromatic rings. The van der Waals surface area contributed by atoms with Crippen molar-refractivity contribution in [2.24, 2.45) is 13.0 Å². The molecule has 6 nitrogen and oxygen atoms in total. The molecule has 0 spiro atoms. The summed E-state index contributed by atoms with van der Waals surface area (Å²) in [5.41, 5.74) is 2.23. The highest BCUT2D eigenvalue weighted by Crippen LogP contribution is 2.21. The van der Waals surface area contributed by atoms with Gasteiger partial charge in [-0.3, -0.25) is 9.48 Å². The summed E-state index contributed by atoms with van der Waals surface area (Å²) in [5.74, 6) is 0.531. The Kier molecular flexibility index (Phi) is 5.61. The van der Waals surface area contributed by atoms with Gasteiger partial charge in [-0.2, -0.15) is 10.2 Å². The molecule has 0 amide bonds. The van der Waals surface area contributed by atoms with Crippen molar-refractivity contribution in [1.29, 1.82) is 0 Å². The molecule has 2 aromatic heterocycles. The highest BCUT2D eigenvalue weighted by molar-refractivity contribution is 5.10. The van der Waals surface area contributed by atoms with Crippen molar-refractivity contribution in [2.75, 3.05) is 19.6 Å². The molecule has 0 atom stereocenters. The molecule has 1 saturated heterocycles. The first-order chi connectivity index (χ1) is 12.3. The fourth-order valence-corrected chi connectivity index (χ4v) is 3.54. The molecule has 26 heavy (non-hydrogen) atoms. The molecule has 0 N–H and O–H groups in total. The monoisotopic (exact) mass is 357 g/mol. The lowest BCUT2D eigenvalue weighted by molar-refractivity contribution is 0.170. The van der Waals surface area contributed by atoms with Crippen molar-refractivity contribution in [3.8, 4) is 0 Å². The number of aromatic nitrogens is 4. The van der Waals surface area contributed by atoms with Gasteiger partial charge >= 0.3 is 0 Å². The lowest BCUT2D eigenvalue weighted by Crippen LogP contribution is -2.38. The summed E-state index contributed by atoms with van der Waals surface area (Å²) >= 11 is 0. The van der Waals surface area contributed by atoms with Crippen molar-refractivity contribution in [1.82, 2.24) is 24.5 Å². The van der Waals surface area contributed by atoms with Crippen molar-refractivity contribution in [2.45, 2.75) is 52.0 Å². The smallest absolute Gasteiger partial charge is 0.266 e. The summed E-state index contributed by atoms with van der Waals surface area (Å²) in [7, 11) is 2.00. The largest absolute Gasteiger partial charge is 0.303 e. The second kappa shape index (κ2) is 7.74. The van der Waals surface area contributed by atoms with Gasteiger partial charge in [-0.05, 0) is 44.0 Å². The van der Waals surface area contributed by atoms with Crippen LogP contribution in [0.2, 0.25) is 0 Å². The average molecular weight is 358 g/mol. The van der Waals surface area contributed by atoms with Gasteiger partial charge in [0, 0.05) is 49.9 Å². The number of likely N-dealkylation sites (tertiary alicyclic amines) is 1. The molecule has 3 heterocycles. The van der Waals surface area contributed by atoms with Crippen LogP contribution in [0, 0.1) is 5.92 Å². The standard InChI is InChI=1S/C20H31N5O/c1-20(2,3)18-5-6-19(26)25(22-18)15-16-8-12-24(13-9-16)14-10-17-7-11-21-23(17)4/h5-7,11,16H,8-10,12-15H2,1-4H3. The van der Waals surface area contributed by atoms with Crippen molar-refractivity contribution >= 4 is 0 Å². The van der Waals surface area contributed by atoms with Gasteiger partial charge in [0.2, 0.25) is 0 Å². The molecule has 0 saturated carbocycles. The van der Waals surface area contributed by atoms with Crippen LogP contribution < -0.4 is 5.56 Å². The Morgan fingerprint density at radius 3 is 2.50 bits per heavy atom. The molecule has 1 aliphatic rings. The highest BCUT2D eigenvalue weighted by atomic mass is 16.1. The Bertz CT molecular complexity index is 778. The zero-order chi connectivity index (χ0) is 18.7. The molecule has 1 aliphatic heterocycles. The van der Waals surface area contributed by atoms with Gasteiger partial charge in [-0.1, -0.05) is 20.8 Å². The topological polar surface area (TPSA) is 56.0 Å². The Hall–Kier alpha value is -1.95. The fourth-order valence-electron chi connectivity index (χ4n) is 3.54. The zero-order valence-corrected chi connectivity index (χ0v) is 16.5. The predicted molar refractivity (Wildman–Crippen MR) is 103 cm³/mol. The maximum Gasteiger partial charge on any atom is 0.266 e. The molecule has 142 valence electrons. The van der Waals surface area contributed by atoms with Gasteiger partial charge in [0.15, 0.2) is 0 Å². The fraction of sp³-hybridized carbons (Fsp3) is 0.650. The van der Waals surface area contributed by atoms with E-state index < -0.39 is 0 Å². The Labute approximate surface area is 155 Å². The molecule has 0 aliphatic carbocycles. The van der Waals surface area contributed by atoms with E-state index in [2.05, 4.69) is 41.9 Å². The first-order valence-electron chi connectivity index (χ1n) is 9.61. The van der Waals surface area contributed by atoms with E-state index >= 15 is 0 Å². The SMILES string of the molecule is Cn1nccc1CCN1CCC(Cn2nc(C(C)(C)C)ccc2=O)CC1. The van der Waals surface area contributed by atoms with Gasteiger partial charge < -0.3 is 4.90 Å². The summed E-state index contributed by atoms with van der Waals surface area (Å²) in [6.07, 6.45) is 5.15. The van der Waals surface area contributed by atoms with Crippen LogP contribution in [0.4, 0.5) is 0 Å². The average Bonchev–Trinajstić information content (AvgIpc) is 3.00. The Balaban J connectivity index is 1.53. The minimum atomic E-state index is -0.0371. The number of aryl methyl sites for hydroxylation is 1. The molecular weight excluding hydrogens is 326 g/mol. The maximum atomic E-state index is 12.2. The molecule has 1 fully saturated rings. The summed E-state index contributed by atoms with van der Waals surface area (Å²) in [6.45, 7) is 10.4. The van der Waals surface area contributed by atoms with Gasteiger partial charge in [-0.25, -0.2) is 4.68 Å². The highest BCUT2D eigenvalue weighted by Gasteiger charge is 2.22. The summed E-state index contributed by atoms with van der Waals surface area (Å²) in [6, 6.07) is 5.61. The van der Waals surface area contributed by atoms with E-state index in [0.717, 1.165) is 51.1 Å². The van der Waals surface area contributed by atoms with Crippen LogP contribution in [-0.2, 0) is 25.4 Å². The quantitative estimate of drug-likeness (QED) is 0.823. The normalized spacial score (nSPS) is 16.9. The molecule has 3 rings (SSSR count). The minimum Gasteiger partial charge on any atom is -0.303 e. The van der Waals surface area contributed by atoms with Crippen LogP contribution in [0.1, 0.15) is 45.0 Å². The van der Waals surface area contributed by atoms with E-state index in [0.29, 0.717) is 5.92 Å². The van der Waals surface area contributed by atoms with E-state index in [4.69, 9.17) is 0 Å². The second-order valence-electron chi connectivity index (χ2n) is 8.47. The van der Waals surface area contributed by atoms with Gasteiger partial charge in [0.25, 0.3) is 5.56 Å². The van der Waals surface area contributed by atoms with Crippen LogP contribution >= 0.6 is 0 Å². The molecule has 6 heteroatoms. The van der Waals surface area contributed by atoms with E-state index in [9.17, 15) is 4.79 Å². The number of hydrogen-bond acceptors (Lipinski definition) is 4. The molecular formula is C20H31N5O. The summed E-state index contributed by atoms with van der Waals surface area (Å²) in [4.78, 5) is 14.7. The van der Waals surface area contributed by atoms with Gasteiger partial charge in [-0.15, -0.1) is 0 Å². The lowest BCUT2D eigenvalue weighted by Gasteiger charge is -2.32. The number of rotatable bonds is 5. The van der Waals surface area contributed by atoms with Gasteiger partial charge in [0.1, 0.15) is 0 Å². The second-order valence-corrected chi connectivity index (χ2v) is 8.47. The van der Waals surface area contributed by atoms with E-state index in [-0.39, 0.29) is 11.0 Å². The summed E-state index contributed by atoms with van der Waals surface area (Å²) < 4.78 is 3.63. The van der Waals surface area contributed by atoms with Crippen LogP contribution in [0.3, 0.4) is 0 Å². The van der Waals surface area contributed by atoms with E-state index in [1.807, 2.05) is 24.0 Å². The van der Waals surface area contributed by atoms with Gasteiger partial charge in [0.05, 0.1) is 5.69 Å². The third-order valence-corrected chi connectivity index (χ3v) is 5.38. The first kappa shape index (κ1) is 18.8. The third kappa shape index (κ3) is 4.61. The number of nitrogens with zero attached hydrogens (tertiary/aromatic N) is 5. The van der Waals surface area contributed by atoms with Crippen LogP contribution in [-0.4, -0.2) is 44.1 Å². The molecule has 0 aromatic carbocycles. The Morgan fingerprint density at radius 1 is 1.15 bits per heavy atom. The number of hydrogen-bond donors (Lipinski definition) is 0. The van der Waals surface area contributed by atoms with Crippen molar-refractivity contribution in [3.05, 3.63) is 46.1 Å². The third-order valence-electron chi connectivity index (χ3n) is 5.38. The van der Waals surface area contributed by atoms with E-state index in [1.165, 1.54) is 5.69 Å². The Morgan fingerprint density at radius 2 is 1.88 bits per heavy atom. The summed E-state index contributed by atoms with van der Waals surface area (Å²) in [5, 5.41) is 8.85. The lowest BCUT2D eigenvalue weighted by atomic mass is 9.92. The molecule has 0 unspecified atom stereocenters. The maximum absolute atomic E-state index is 12.2. The van der Waals surface area contributed by atoms with E-state index in [1.54, 1.807) is 10.7 Å². The van der Waals surface area contributed by atoms with Crippen molar-refractivity contribution < 1.29 is 0 Å². The van der Waals surface area contributed by atoms with Crippen LogP contribution in [0.15, 0.2) is 29.2 Å². The molecule has 0 bridgehead atoms. The number of piperidine rings is 1. The molecule has 0 radical (unpaired) electrons. The van der Waals surface area contributed by atoms with Crippen molar-refractivity contribution in [3.63, 3.8) is 0 Å². The zero-order valence-electron chi connectivity index (χ0n) is 16.5. The minimum absolute atomic E-state index is 0.0108. The van der Waals surface area contributed by atoms with Crippen LogP contribution in [0.25, 0.3) is 0 Å². The predicted octanol–water partition coefficient (Wildman–Crippen LogP) is 2.23.